The molecule has 3 aromatic rings. The quantitative estimate of drug-likeness (QED) is 0.255. The molecule has 5 rings (SSSR count). The Morgan fingerprint density at radius 2 is 1.00 bits per heavy atom. The number of hydrogen-bond donors (Lipinski definition) is 0. The van der Waals surface area contributed by atoms with E-state index in [0.29, 0.717) is 42.8 Å². The minimum atomic E-state index is 0.0495. The van der Waals surface area contributed by atoms with Gasteiger partial charge in [0.2, 0.25) is 11.8 Å². The average molecular weight is 653 g/mol. The molecule has 0 amide bonds. The second-order valence-electron chi connectivity index (χ2n) is 15.6. The van der Waals surface area contributed by atoms with Crippen molar-refractivity contribution in [2.45, 2.75) is 128 Å². The van der Waals surface area contributed by atoms with Gasteiger partial charge in [0.05, 0.1) is 23.5 Å². The summed E-state index contributed by atoms with van der Waals surface area (Å²) in [4.78, 5) is 19.2. The fraction of sp³-hybridized carbons (Fsp3) is 0.571. The van der Waals surface area contributed by atoms with Crippen molar-refractivity contribution >= 4 is 11.8 Å². The van der Waals surface area contributed by atoms with Gasteiger partial charge in [-0.1, -0.05) is 61.5 Å². The second kappa shape index (κ2) is 14.5. The molecule has 6 nitrogen and oxygen atoms in total. The summed E-state index contributed by atoms with van der Waals surface area (Å²) in [7, 11) is 0. The average Bonchev–Trinajstić information content (AvgIpc) is 3.75. The van der Waals surface area contributed by atoms with Gasteiger partial charge < -0.3 is 9.47 Å². The van der Waals surface area contributed by atoms with Gasteiger partial charge in [-0.2, -0.15) is 0 Å². The van der Waals surface area contributed by atoms with Crippen LogP contribution in [0, 0.1) is 73.1 Å². The molecule has 0 spiro atoms. The van der Waals surface area contributed by atoms with E-state index in [1.807, 2.05) is 18.2 Å². The Bertz CT molecular complexity index is 1650. The lowest BCUT2D eigenvalue weighted by Crippen LogP contribution is -2.28. The van der Waals surface area contributed by atoms with Gasteiger partial charge in [-0.3, -0.25) is 4.98 Å². The Morgan fingerprint density at radius 1 is 0.583 bits per heavy atom. The molecule has 1 unspecified atom stereocenters. The fourth-order valence-electron chi connectivity index (χ4n) is 6.33. The molecule has 0 N–H and O–H groups in total. The van der Waals surface area contributed by atoms with Gasteiger partial charge in [0.15, 0.2) is 0 Å². The number of benzene rings is 1. The molecule has 0 bridgehead atoms. The van der Waals surface area contributed by atoms with E-state index >= 15 is 0 Å². The predicted octanol–water partition coefficient (Wildman–Crippen LogP) is 9.83. The van der Waals surface area contributed by atoms with E-state index in [9.17, 15) is 0 Å². The zero-order valence-corrected chi connectivity index (χ0v) is 32.6. The third-order valence-electron chi connectivity index (χ3n) is 11.4. The van der Waals surface area contributed by atoms with Crippen molar-refractivity contribution in [2.24, 2.45) is 27.7 Å². The van der Waals surface area contributed by atoms with Crippen molar-refractivity contribution in [1.82, 2.24) is 9.97 Å². The molecule has 2 aliphatic heterocycles. The maximum Gasteiger partial charge on any atom is 0.235 e. The largest absolute Gasteiger partial charge is 0.474 e. The molecule has 6 heteroatoms. The van der Waals surface area contributed by atoms with Crippen LogP contribution in [0.4, 0.5) is 0 Å². The van der Waals surface area contributed by atoms with Crippen molar-refractivity contribution in [3.8, 4) is 11.3 Å². The van der Waals surface area contributed by atoms with Crippen LogP contribution in [-0.4, -0.2) is 47.1 Å². The van der Waals surface area contributed by atoms with Crippen molar-refractivity contribution < 1.29 is 9.47 Å². The minimum Gasteiger partial charge on any atom is -0.474 e. The summed E-state index contributed by atoms with van der Waals surface area (Å²) in [6, 6.07) is 6.21. The SMILES string of the molecule is CC(C)C1COC(c2cccc(C3=N[C@@H](C(C)C)CO3)n2)=N1.Cc1c(-c2c(C)c(C)c(C)c(C)c2C)nc(C(C)(C)C(C)C)c(C)c1C. The van der Waals surface area contributed by atoms with E-state index in [1.54, 1.807) is 0 Å². The van der Waals surface area contributed by atoms with Gasteiger partial charge in [-0.05, 0) is 130 Å². The molecule has 2 atom stereocenters. The maximum absolute atomic E-state index is 5.70. The second-order valence-corrected chi connectivity index (χ2v) is 15.6. The third-order valence-corrected chi connectivity index (χ3v) is 11.4. The van der Waals surface area contributed by atoms with E-state index in [0.717, 1.165) is 11.4 Å². The molecule has 0 fully saturated rings. The molecule has 0 saturated heterocycles. The van der Waals surface area contributed by atoms with Crippen molar-refractivity contribution in [3.63, 3.8) is 0 Å². The summed E-state index contributed by atoms with van der Waals surface area (Å²) in [6.07, 6.45) is 0. The lowest BCUT2D eigenvalue weighted by atomic mass is 9.75. The first kappa shape index (κ1) is 37.3. The number of pyridine rings is 2. The number of hydrogen-bond acceptors (Lipinski definition) is 6. The molecule has 2 aliphatic rings. The predicted molar refractivity (Wildman–Crippen MR) is 202 cm³/mol. The Morgan fingerprint density at radius 3 is 1.40 bits per heavy atom. The molecule has 1 aromatic carbocycles. The molecule has 0 radical (unpaired) electrons. The first-order valence-electron chi connectivity index (χ1n) is 17.8. The summed E-state index contributed by atoms with van der Waals surface area (Å²) in [6.45, 7) is 37.1. The third kappa shape index (κ3) is 7.23. The highest BCUT2D eigenvalue weighted by molar-refractivity contribution is 5.97. The zero-order chi connectivity index (χ0) is 35.8. The number of rotatable bonds is 7. The molecule has 4 heterocycles. The first-order chi connectivity index (χ1) is 22.4. The van der Waals surface area contributed by atoms with Gasteiger partial charge in [-0.25, -0.2) is 15.0 Å². The van der Waals surface area contributed by atoms with Gasteiger partial charge in [-0.15, -0.1) is 0 Å². The van der Waals surface area contributed by atoms with Crippen LogP contribution in [0.2, 0.25) is 0 Å². The van der Waals surface area contributed by atoms with Crippen molar-refractivity contribution in [2.75, 3.05) is 13.2 Å². The van der Waals surface area contributed by atoms with Crippen LogP contribution in [0.1, 0.15) is 117 Å². The van der Waals surface area contributed by atoms with Gasteiger partial charge in [0, 0.05) is 11.0 Å². The Hall–Kier alpha value is -3.54. The smallest absolute Gasteiger partial charge is 0.235 e. The van der Waals surface area contributed by atoms with E-state index < -0.39 is 0 Å². The van der Waals surface area contributed by atoms with Crippen molar-refractivity contribution in [1.29, 1.82) is 0 Å². The topological polar surface area (TPSA) is 69.0 Å². The zero-order valence-electron chi connectivity index (χ0n) is 32.6. The van der Waals surface area contributed by atoms with Crippen LogP contribution >= 0.6 is 0 Å². The number of nitrogens with zero attached hydrogens (tertiary/aromatic N) is 4. The first-order valence-corrected chi connectivity index (χ1v) is 17.8. The molecular weight excluding hydrogens is 592 g/mol. The highest BCUT2D eigenvalue weighted by Crippen LogP contribution is 2.40. The molecule has 2 aromatic heterocycles. The van der Waals surface area contributed by atoms with Gasteiger partial charge in [0.1, 0.15) is 24.6 Å². The normalized spacial score (nSPS) is 17.7. The van der Waals surface area contributed by atoms with E-state index in [2.05, 4.69) is 126 Å². The lowest BCUT2D eigenvalue weighted by molar-refractivity contribution is 0.290. The Kier molecular flexibility index (Phi) is 11.3. The summed E-state index contributed by atoms with van der Waals surface area (Å²) in [5, 5.41) is 0. The maximum atomic E-state index is 5.70. The van der Waals surface area contributed by atoms with E-state index in [1.165, 1.54) is 61.5 Å². The Labute approximate surface area is 290 Å². The summed E-state index contributed by atoms with van der Waals surface area (Å²) in [5.41, 5.74) is 16.3. The minimum absolute atomic E-state index is 0.0495. The van der Waals surface area contributed by atoms with Crippen LogP contribution in [0.25, 0.3) is 11.3 Å². The van der Waals surface area contributed by atoms with Gasteiger partial charge >= 0.3 is 0 Å². The molecular formula is C42H60N4O2. The monoisotopic (exact) mass is 652 g/mol. The number of aliphatic imine (C=N–C) groups is 2. The summed E-state index contributed by atoms with van der Waals surface area (Å²) < 4.78 is 11.4. The molecule has 0 saturated carbocycles. The molecule has 0 aliphatic carbocycles. The van der Waals surface area contributed by atoms with Crippen LogP contribution in [-0.2, 0) is 14.9 Å². The Balaban J connectivity index is 0.000000219. The van der Waals surface area contributed by atoms with Crippen LogP contribution in [0.5, 0.6) is 0 Å². The number of aromatic nitrogens is 2. The van der Waals surface area contributed by atoms with E-state index in [-0.39, 0.29) is 17.5 Å². The molecule has 260 valence electrons. The fourth-order valence-corrected chi connectivity index (χ4v) is 6.33. The summed E-state index contributed by atoms with van der Waals surface area (Å²) >= 11 is 0. The standard InChI is InChI=1S/C25H37N.C17H23N3O2/c1-13(2)25(11,12)24-21(10)17(6)20(9)23(26-24)22-18(7)15(4)14(3)16(5)19(22)8;1-10(2)14-8-21-16(19-14)12-6-5-7-13(18-12)17-20-15(9-22-17)11(3)4/h13H,1-12H3;5-7,10-11,14-15H,8-9H2,1-4H3/t;14-,15?/m.1/s1. The van der Waals surface area contributed by atoms with Crippen LogP contribution in [0.15, 0.2) is 28.2 Å². The molecule has 48 heavy (non-hydrogen) atoms. The van der Waals surface area contributed by atoms with Crippen molar-refractivity contribution in [3.05, 3.63) is 79.8 Å². The highest BCUT2D eigenvalue weighted by atomic mass is 16.5. The van der Waals surface area contributed by atoms with Crippen LogP contribution in [0.3, 0.4) is 0 Å². The van der Waals surface area contributed by atoms with Gasteiger partial charge in [0.25, 0.3) is 0 Å². The van der Waals surface area contributed by atoms with Crippen LogP contribution < -0.4 is 0 Å². The van der Waals surface area contributed by atoms with E-state index in [4.69, 9.17) is 14.5 Å². The highest BCUT2D eigenvalue weighted by Gasteiger charge is 2.31. The number of ether oxygens (including phenoxy) is 2. The summed E-state index contributed by atoms with van der Waals surface area (Å²) in [5.74, 6) is 2.72. The lowest BCUT2D eigenvalue weighted by Gasteiger charge is -2.32.